The zero-order chi connectivity index (χ0) is 16.2. The Morgan fingerprint density at radius 1 is 1.24 bits per heavy atom. The predicted molar refractivity (Wildman–Crippen MR) is 105 cm³/mol. The van der Waals surface area contributed by atoms with Crippen molar-refractivity contribution in [2.75, 3.05) is 46.5 Å². The van der Waals surface area contributed by atoms with E-state index in [9.17, 15) is 5.11 Å². The second kappa shape index (κ2) is 10.7. The van der Waals surface area contributed by atoms with Crippen molar-refractivity contribution in [3.63, 3.8) is 0 Å². The van der Waals surface area contributed by atoms with Crippen LogP contribution in [-0.2, 0) is 4.74 Å². The summed E-state index contributed by atoms with van der Waals surface area (Å²) in [6.07, 6.45) is 2.10. The molecule has 0 amide bonds. The highest BCUT2D eigenvalue weighted by molar-refractivity contribution is 6.32. The summed E-state index contributed by atoms with van der Waals surface area (Å²) in [6, 6.07) is 4.11. The third kappa shape index (κ3) is 5.28. The van der Waals surface area contributed by atoms with Crippen LogP contribution in [0.15, 0.2) is 12.1 Å². The molecule has 5 nitrogen and oxygen atoms in total. The zero-order valence-corrected chi connectivity index (χ0v) is 16.8. The number of benzene rings is 1. The third-order valence-electron chi connectivity index (χ3n) is 4.87. The van der Waals surface area contributed by atoms with E-state index in [0.717, 1.165) is 57.8 Å². The number of hydrogen-bond acceptors (Lipinski definition) is 5. The van der Waals surface area contributed by atoms with Crippen LogP contribution in [0.25, 0.3) is 0 Å². The van der Waals surface area contributed by atoms with Gasteiger partial charge in [0.1, 0.15) is 0 Å². The molecule has 0 bridgehead atoms. The summed E-state index contributed by atoms with van der Waals surface area (Å²) in [4.78, 5) is 2.52. The average Bonchev–Trinajstić information content (AvgIpc) is 2.60. The van der Waals surface area contributed by atoms with Crippen molar-refractivity contribution in [1.29, 1.82) is 0 Å². The Balaban J connectivity index is 0.00000156. The van der Waals surface area contributed by atoms with Crippen LogP contribution in [0.1, 0.15) is 24.4 Å². The van der Waals surface area contributed by atoms with Gasteiger partial charge in [0.25, 0.3) is 0 Å². The Hall–Kier alpha value is -0.430. The third-order valence-corrected chi connectivity index (χ3v) is 5.16. The molecule has 2 N–H and O–H groups in total. The lowest BCUT2D eigenvalue weighted by molar-refractivity contribution is 0.0212. The number of phenolic OH excluding ortho intramolecular Hbond substituents is 1. The van der Waals surface area contributed by atoms with Crippen LogP contribution in [-0.4, -0.2) is 56.5 Å². The molecule has 0 saturated carbocycles. The highest BCUT2D eigenvalue weighted by Gasteiger charge is 2.32. The molecule has 0 radical (unpaired) electrons. The molecule has 0 spiro atoms. The normalized spacial score (nSPS) is 20.2. The van der Waals surface area contributed by atoms with Crippen molar-refractivity contribution >= 4 is 36.4 Å². The number of hydrogen-bond donors (Lipinski definition) is 2. The van der Waals surface area contributed by atoms with Gasteiger partial charge in [0.15, 0.2) is 11.5 Å². The van der Waals surface area contributed by atoms with Crippen LogP contribution in [0.2, 0.25) is 5.02 Å². The molecule has 0 aromatic heterocycles. The number of methoxy groups -OCH3 is 1. The Kier molecular flexibility index (Phi) is 9.64. The minimum absolute atomic E-state index is 0. The molecule has 3 rings (SSSR count). The maximum absolute atomic E-state index is 10.0. The van der Waals surface area contributed by atoms with Crippen LogP contribution >= 0.6 is 36.4 Å². The Bertz CT molecular complexity index is 518. The van der Waals surface area contributed by atoms with Gasteiger partial charge in [-0.1, -0.05) is 11.6 Å². The topological polar surface area (TPSA) is 54.0 Å². The Labute approximate surface area is 166 Å². The Morgan fingerprint density at radius 3 is 2.48 bits per heavy atom. The smallest absolute Gasteiger partial charge is 0.176 e. The largest absolute Gasteiger partial charge is 0.503 e. The van der Waals surface area contributed by atoms with Crippen molar-refractivity contribution < 1.29 is 14.6 Å². The van der Waals surface area contributed by atoms with Crippen LogP contribution < -0.4 is 10.1 Å². The van der Waals surface area contributed by atoms with Gasteiger partial charge in [-0.3, -0.25) is 4.90 Å². The molecule has 0 aliphatic carbocycles. The molecule has 2 aliphatic rings. The molecule has 144 valence electrons. The molecule has 1 aromatic rings. The summed E-state index contributed by atoms with van der Waals surface area (Å²) < 4.78 is 10.8. The maximum Gasteiger partial charge on any atom is 0.176 e. The summed E-state index contributed by atoms with van der Waals surface area (Å²) in [5.41, 5.74) is 1.12. The first-order chi connectivity index (χ1) is 11.2. The summed E-state index contributed by atoms with van der Waals surface area (Å²) in [6.45, 7) is 5.67. The van der Waals surface area contributed by atoms with E-state index in [1.165, 1.54) is 0 Å². The highest BCUT2D eigenvalue weighted by Crippen LogP contribution is 2.42. The van der Waals surface area contributed by atoms with Crippen molar-refractivity contribution in [3.05, 3.63) is 22.7 Å². The molecule has 8 heteroatoms. The fourth-order valence-corrected chi connectivity index (χ4v) is 3.91. The van der Waals surface area contributed by atoms with E-state index < -0.39 is 0 Å². The summed E-state index contributed by atoms with van der Waals surface area (Å²) in [5.74, 6) is 0.996. The lowest BCUT2D eigenvalue weighted by Crippen LogP contribution is -2.47. The van der Waals surface area contributed by atoms with E-state index >= 15 is 0 Å². The van der Waals surface area contributed by atoms with E-state index in [2.05, 4.69) is 10.2 Å². The van der Waals surface area contributed by atoms with Gasteiger partial charge < -0.3 is 19.9 Å². The molecule has 2 heterocycles. The summed E-state index contributed by atoms with van der Waals surface area (Å²) >= 11 is 6.23. The van der Waals surface area contributed by atoms with Gasteiger partial charge in [0.2, 0.25) is 0 Å². The predicted octanol–water partition coefficient (Wildman–Crippen LogP) is 3.27. The molecule has 2 aliphatic heterocycles. The van der Waals surface area contributed by atoms with E-state index in [1.807, 2.05) is 12.1 Å². The number of nitrogens with one attached hydrogen (secondary N) is 1. The second-order valence-corrected chi connectivity index (χ2v) is 6.64. The SMILES string of the molecule is COc1cc([C@@H](C2CCOCC2)N2CCNCC2)cc(Cl)c1O.Cl.Cl. The number of aromatic hydroxyl groups is 1. The molecule has 1 aromatic carbocycles. The molecule has 2 fully saturated rings. The number of halogens is 3. The van der Waals surface area contributed by atoms with E-state index in [-0.39, 0.29) is 36.6 Å². The van der Waals surface area contributed by atoms with E-state index in [4.69, 9.17) is 21.1 Å². The van der Waals surface area contributed by atoms with Crippen molar-refractivity contribution in [3.8, 4) is 11.5 Å². The van der Waals surface area contributed by atoms with Gasteiger partial charge in [-0.05, 0) is 36.5 Å². The molecular weight excluding hydrogens is 387 g/mol. The van der Waals surface area contributed by atoms with E-state index in [1.54, 1.807) is 7.11 Å². The van der Waals surface area contributed by atoms with Crippen LogP contribution in [0.3, 0.4) is 0 Å². The fourth-order valence-electron chi connectivity index (χ4n) is 3.69. The van der Waals surface area contributed by atoms with Gasteiger partial charge >= 0.3 is 0 Å². The molecule has 1 atom stereocenters. The average molecular weight is 414 g/mol. The lowest BCUT2D eigenvalue weighted by Gasteiger charge is -2.41. The summed E-state index contributed by atoms with van der Waals surface area (Å²) in [5, 5.41) is 13.8. The standard InChI is InChI=1S/C17H25ClN2O3.2ClH/c1-22-15-11-13(10-14(18)17(15)21)16(12-2-8-23-9-3-12)20-6-4-19-5-7-20;;/h10-12,16,19,21H,2-9H2,1H3;2*1H/t16-;;/m1../s1. The molecular formula is C17H27Cl3N2O3. The van der Waals surface area contributed by atoms with Crippen molar-refractivity contribution in [2.24, 2.45) is 5.92 Å². The summed E-state index contributed by atoms with van der Waals surface area (Å²) in [7, 11) is 1.56. The Morgan fingerprint density at radius 2 is 1.88 bits per heavy atom. The molecule has 25 heavy (non-hydrogen) atoms. The lowest BCUT2D eigenvalue weighted by atomic mass is 9.85. The number of piperazine rings is 1. The highest BCUT2D eigenvalue weighted by atomic mass is 35.5. The quantitative estimate of drug-likeness (QED) is 0.793. The van der Waals surface area contributed by atoms with Gasteiger partial charge in [-0.2, -0.15) is 0 Å². The van der Waals surface area contributed by atoms with Crippen molar-refractivity contribution in [1.82, 2.24) is 10.2 Å². The molecule has 2 saturated heterocycles. The van der Waals surface area contributed by atoms with Crippen LogP contribution in [0.5, 0.6) is 11.5 Å². The van der Waals surface area contributed by atoms with E-state index in [0.29, 0.717) is 16.7 Å². The number of nitrogens with zero attached hydrogens (tertiary/aromatic N) is 1. The number of rotatable bonds is 4. The molecule has 0 unspecified atom stereocenters. The first-order valence-electron chi connectivity index (χ1n) is 8.29. The second-order valence-electron chi connectivity index (χ2n) is 6.23. The maximum atomic E-state index is 10.0. The van der Waals surface area contributed by atoms with Crippen LogP contribution in [0.4, 0.5) is 0 Å². The monoisotopic (exact) mass is 412 g/mol. The zero-order valence-electron chi connectivity index (χ0n) is 14.4. The minimum atomic E-state index is 0. The number of phenols is 1. The first-order valence-corrected chi connectivity index (χ1v) is 8.67. The first kappa shape index (κ1) is 22.6. The van der Waals surface area contributed by atoms with Gasteiger partial charge in [0.05, 0.1) is 12.1 Å². The minimum Gasteiger partial charge on any atom is -0.503 e. The van der Waals surface area contributed by atoms with Gasteiger partial charge in [-0.25, -0.2) is 0 Å². The van der Waals surface area contributed by atoms with Gasteiger partial charge in [-0.15, -0.1) is 24.8 Å². The number of ether oxygens (including phenoxy) is 2. The van der Waals surface area contributed by atoms with Crippen molar-refractivity contribution in [2.45, 2.75) is 18.9 Å². The van der Waals surface area contributed by atoms with Gasteiger partial charge in [0, 0.05) is 45.4 Å². The fraction of sp³-hybridized carbons (Fsp3) is 0.647. The van der Waals surface area contributed by atoms with Crippen LogP contribution in [0, 0.1) is 5.92 Å².